The molecule has 0 aliphatic heterocycles. The summed E-state index contributed by atoms with van der Waals surface area (Å²) in [6.45, 7) is 3.94. The molecule has 0 spiro atoms. The highest BCUT2D eigenvalue weighted by Crippen LogP contribution is 2.24. The molecular weight excluding hydrogens is 284 g/mol. The molecule has 1 aromatic rings. The zero-order chi connectivity index (χ0) is 12.7. The van der Waals surface area contributed by atoms with Crippen molar-refractivity contribution in [2.24, 2.45) is 7.05 Å². The third-order valence-corrected chi connectivity index (χ3v) is 3.20. The van der Waals surface area contributed by atoms with Gasteiger partial charge in [-0.3, -0.25) is 0 Å². The first-order chi connectivity index (χ1) is 8.20. The van der Waals surface area contributed by atoms with Gasteiger partial charge in [0, 0.05) is 20.8 Å². The second-order valence-corrected chi connectivity index (χ2v) is 4.78. The van der Waals surface area contributed by atoms with Gasteiger partial charge in [0.25, 0.3) is 0 Å². The van der Waals surface area contributed by atoms with Crippen LogP contribution in [0.5, 0.6) is 0 Å². The van der Waals surface area contributed by atoms with Gasteiger partial charge in [0.15, 0.2) is 4.60 Å². The molecule has 0 fully saturated rings. The first kappa shape index (κ1) is 14.6. The second-order valence-electron chi connectivity index (χ2n) is 4.03. The van der Waals surface area contributed by atoms with E-state index in [-0.39, 0.29) is 6.04 Å². The number of ether oxygens (including phenoxy) is 1. The van der Waals surface area contributed by atoms with Crippen molar-refractivity contribution in [2.75, 3.05) is 20.3 Å². The summed E-state index contributed by atoms with van der Waals surface area (Å²) in [6.07, 6.45) is 3.16. The number of nitrogens with zero attached hydrogens (tertiary/aromatic N) is 3. The fourth-order valence-corrected chi connectivity index (χ4v) is 2.40. The summed E-state index contributed by atoms with van der Waals surface area (Å²) >= 11 is 3.45. The standard InChI is InChI=1S/C11H21BrN4O/c1-4-7-13-9(6-5-8-17-3)10-11(12)14-15-16(10)2/h9,13H,4-8H2,1-3H3. The zero-order valence-electron chi connectivity index (χ0n) is 10.7. The van der Waals surface area contributed by atoms with Crippen molar-refractivity contribution >= 4 is 15.9 Å². The van der Waals surface area contributed by atoms with Crippen molar-refractivity contribution < 1.29 is 4.74 Å². The van der Waals surface area contributed by atoms with E-state index in [1.807, 2.05) is 11.7 Å². The van der Waals surface area contributed by atoms with Crippen molar-refractivity contribution in [1.82, 2.24) is 20.3 Å². The minimum Gasteiger partial charge on any atom is -0.385 e. The predicted molar refractivity (Wildman–Crippen MR) is 70.8 cm³/mol. The van der Waals surface area contributed by atoms with Crippen molar-refractivity contribution in [3.05, 3.63) is 10.3 Å². The fraction of sp³-hybridized carbons (Fsp3) is 0.818. The summed E-state index contributed by atoms with van der Waals surface area (Å²) in [5.74, 6) is 0. The van der Waals surface area contributed by atoms with Gasteiger partial charge in [-0.05, 0) is 41.7 Å². The molecule has 0 aromatic carbocycles. The number of aromatic nitrogens is 3. The van der Waals surface area contributed by atoms with Gasteiger partial charge in [0.05, 0.1) is 11.7 Å². The first-order valence-electron chi connectivity index (χ1n) is 5.98. The Balaban J connectivity index is 2.67. The van der Waals surface area contributed by atoms with E-state index in [1.54, 1.807) is 7.11 Å². The maximum Gasteiger partial charge on any atom is 0.153 e. The van der Waals surface area contributed by atoms with Gasteiger partial charge in [-0.2, -0.15) is 0 Å². The molecule has 1 atom stereocenters. The molecule has 1 N–H and O–H groups in total. The number of rotatable bonds is 8. The van der Waals surface area contributed by atoms with Gasteiger partial charge >= 0.3 is 0 Å². The molecule has 0 saturated carbocycles. The summed E-state index contributed by atoms with van der Waals surface area (Å²) < 4.78 is 7.75. The Morgan fingerprint density at radius 3 is 2.82 bits per heavy atom. The summed E-state index contributed by atoms with van der Waals surface area (Å²) in [5, 5.41) is 11.6. The normalized spacial score (nSPS) is 12.9. The summed E-state index contributed by atoms with van der Waals surface area (Å²) in [7, 11) is 3.65. The third kappa shape index (κ3) is 4.37. The third-order valence-electron chi connectivity index (χ3n) is 2.64. The van der Waals surface area contributed by atoms with Gasteiger partial charge in [0.1, 0.15) is 0 Å². The highest BCUT2D eigenvalue weighted by atomic mass is 79.9. The maximum absolute atomic E-state index is 5.10. The number of halogens is 1. The van der Waals surface area contributed by atoms with Crippen LogP contribution in [-0.4, -0.2) is 35.3 Å². The number of hydrogen-bond donors (Lipinski definition) is 1. The van der Waals surface area contributed by atoms with Crippen LogP contribution in [0.3, 0.4) is 0 Å². The number of hydrogen-bond acceptors (Lipinski definition) is 4. The van der Waals surface area contributed by atoms with Crippen LogP contribution in [-0.2, 0) is 11.8 Å². The van der Waals surface area contributed by atoms with E-state index in [2.05, 4.69) is 38.5 Å². The van der Waals surface area contributed by atoms with Crippen molar-refractivity contribution in [1.29, 1.82) is 0 Å². The molecule has 1 aromatic heterocycles. The Labute approximate surface area is 111 Å². The molecule has 0 aliphatic rings. The van der Waals surface area contributed by atoms with E-state index in [4.69, 9.17) is 4.74 Å². The molecular formula is C11H21BrN4O. The topological polar surface area (TPSA) is 52.0 Å². The molecule has 0 bridgehead atoms. The minimum absolute atomic E-state index is 0.277. The average Bonchev–Trinajstić information content (AvgIpc) is 2.64. The zero-order valence-corrected chi connectivity index (χ0v) is 12.3. The van der Waals surface area contributed by atoms with Gasteiger partial charge in [-0.25, -0.2) is 4.68 Å². The lowest BCUT2D eigenvalue weighted by Crippen LogP contribution is -2.25. The number of methoxy groups -OCH3 is 1. The molecule has 98 valence electrons. The lowest BCUT2D eigenvalue weighted by atomic mass is 10.1. The van der Waals surface area contributed by atoms with E-state index >= 15 is 0 Å². The molecule has 0 saturated heterocycles. The van der Waals surface area contributed by atoms with Crippen LogP contribution in [0.2, 0.25) is 0 Å². The molecule has 0 aliphatic carbocycles. The molecule has 17 heavy (non-hydrogen) atoms. The van der Waals surface area contributed by atoms with E-state index in [1.165, 1.54) is 0 Å². The Morgan fingerprint density at radius 2 is 2.29 bits per heavy atom. The predicted octanol–water partition coefficient (Wildman–Crippen LogP) is 2.04. The molecule has 1 rings (SSSR count). The Hall–Kier alpha value is -0.460. The lowest BCUT2D eigenvalue weighted by Gasteiger charge is -2.18. The van der Waals surface area contributed by atoms with Crippen molar-refractivity contribution in [2.45, 2.75) is 32.2 Å². The lowest BCUT2D eigenvalue weighted by molar-refractivity contribution is 0.188. The van der Waals surface area contributed by atoms with Crippen molar-refractivity contribution in [3.63, 3.8) is 0 Å². The van der Waals surface area contributed by atoms with Gasteiger partial charge in [0.2, 0.25) is 0 Å². The molecule has 0 amide bonds. The monoisotopic (exact) mass is 304 g/mol. The van der Waals surface area contributed by atoms with E-state index in [0.717, 1.165) is 42.7 Å². The van der Waals surface area contributed by atoms with Crippen LogP contribution in [0, 0.1) is 0 Å². The average molecular weight is 305 g/mol. The van der Waals surface area contributed by atoms with Crippen LogP contribution >= 0.6 is 15.9 Å². The molecule has 1 heterocycles. The molecule has 6 heteroatoms. The van der Waals surface area contributed by atoms with E-state index in [0.29, 0.717) is 0 Å². The van der Waals surface area contributed by atoms with Crippen LogP contribution in [0.1, 0.15) is 37.9 Å². The van der Waals surface area contributed by atoms with Gasteiger partial charge in [-0.1, -0.05) is 12.1 Å². The van der Waals surface area contributed by atoms with Gasteiger partial charge in [-0.15, -0.1) is 5.10 Å². The van der Waals surface area contributed by atoms with E-state index < -0.39 is 0 Å². The summed E-state index contributed by atoms with van der Waals surface area (Å²) in [5.41, 5.74) is 1.11. The Bertz CT molecular complexity index is 310. The summed E-state index contributed by atoms with van der Waals surface area (Å²) in [6, 6.07) is 0.277. The van der Waals surface area contributed by atoms with Crippen LogP contribution in [0.15, 0.2) is 4.60 Å². The van der Waals surface area contributed by atoms with Crippen molar-refractivity contribution in [3.8, 4) is 0 Å². The molecule has 5 nitrogen and oxygen atoms in total. The molecule has 0 radical (unpaired) electrons. The number of nitrogens with one attached hydrogen (secondary N) is 1. The Kier molecular flexibility index (Phi) is 6.69. The van der Waals surface area contributed by atoms with Crippen LogP contribution in [0.4, 0.5) is 0 Å². The largest absolute Gasteiger partial charge is 0.385 e. The maximum atomic E-state index is 5.10. The fourth-order valence-electron chi connectivity index (χ4n) is 1.79. The van der Waals surface area contributed by atoms with Crippen LogP contribution in [0.25, 0.3) is 0 Å². The highest BCUT2D eigenvalue weighted by molar-refractivity contribution is 9.10. The first-order valence-corrected chi connectivity index (χ1v) is 6.77. The smallest absolute Gasteiger partial charge is 0.153 e. The highest BCUT2D eigenvalue weighted by Gasteiger charge is 2.18. The van der Waals surface area contributed by atoms with E-state index in [9.17, 15) is 0 Å². The Morgan fingerprint density at radius 1 is 1.53 bits per heavy atom. The van der Waals surface area contributed by atoms with Crippen LogP contribution < -0.4 is 5.32 Å². The molecule has 1 unspecified atom stereocenters. The van der Waals surface area contributed by atoms with Gasteiger partial charge < -0.3 is 10.1 Å². The number of aryl methyl sites for hydroxylation is 1. The SMILES string of the molecule is CCCNC(CCCOC)c1c(Br)nnn1C. The minimum atomic E-state index is 0.277. The quantitative estimate of drug-likeness (QED) is 0.747. The summed E-state index contributed by atoms with van der Waals surface area (Å²) in [4.78, 5) is 0. The second kappa shape index (κ2) is 7.79.